The third-order valence-corrected chi connectivity index (χ3v) is 2.23. The van der Waals surface area contributed by atoms with Crippen LogP contribution in [0.2, 0.25) is 0 Å². The van der Waals surface area contributed by atoms with E-state index in [1.165, 1.54) is 0 Å². The molecule has 1 fully saturated rings. The van der Waals surface area contributed by atoms with Crippen molar-refractivity contribution in [3.8, 4) is 0 Å². The zero-order valence-electron chi connectivity index (χ0n) is 8.26. The van der Waals surface area contributed by atoms with Gasteiger partial charge in [-0.05, 0) is 0 Å². The lowest BCUT2D eigenvalue weighted by atomic mass is 9.99. The van der Waals surface area contributed by atoms with Crippen LogP contribution in [0.4, 0.5) is 0 Å². The minimum absolute atomic E-state index is 0.613. The largest absolute Gasteiger partial charge is 0.431 e. The molecule has 0 aromatic carbocycles. The van der Waals surface area contributed by atoms with Gasteiger partial charge in [0.05, 0.1) is 6.61 Å². The van der Waals surface area contributed by atoms with Crippen molar-refractivity contribution in [1.29, 1.82) is 0 Å². The molecule has 1 heterocycles. The van der Waals surface area contributed by atoms with Gasteiger partial charge in [-0.3, -0.25) is 0 Å². The number of ether oxygens (including phenoxy) is 2. The first-order chi connectivity index (χ1) is 7.51. The van der Waals surface area contributed by atoms with Crippen molar-refractivity contribution >= 4 is 5.97 Å². The van der Waals surface area contributed by atoms with Gasteiger partial charge in [-0.15, -0.1) is 0 Å². The number of aliphatic hydroxyl groups excluding tert-OH is 5. The fourth-order valence-electron chi connectivity index (χ4n) is 1.33. The van der Waals surface area contributed by atoms with E-state index in [1.807, 2.05) is 0 Å². The zero-order valence-corrected chi connectivity index (χ0v) is 8.26. The molecule has 0 radical (unpaired) electrons. The van der Waals surface area contributed by atoms with Gasteiger partial charge in [0.2, 0.25) is 6.29 Å². The third-order valence-electron chi connectivity index (χ3n) is 2.23. The summed E-state index contributed by atoms with van der Waals surface area (Å²) in [6, 6.07) is 0. The van der Waals surface area contributed by atoms with Crippen molar-refractivity contribution in [3.05, 3.63) is 0 Å². The number of carbonyl (C=O) groups excluding carboxylic acids is 1. The summed E-state index contributed by atoms with van der Waals surface area (Å²) in [4.78, 5) is 10.7. The summed E-state index contributed by atoms with van der Waals surface area (Å²) >= 11 is 0. The van der Waals surface area contributed by atoms with Crippen LogP contribution in [0.25, 0.3) is 0 Å². The third kappa shape index (κ3) is 2.67. The van der Waals surface area contributed by atoms with Crippen LogP contribution in [0.1, 0.15) is 0 Å². The smallest absolute Gasteiger partial charge is 0.334 e. The summed E-state index contributed by atoms with van der Waals surface area (Å²) in [6.07, 6.45) is -7.44. The zero-order chi connectivity index (χ0) is 12.3. The molecule has 94 valence electrons. The van der Waals surface area contributed by atoms with Crippen molar-refractivity contribution in [2.45, 2.75) is 30.7 Å². The maximum atomic E-state index is 10.7. The van der Waals surface area contributed by atoms with Gasteiger partial charge in [0.25, 0.3) is 0 Å². The Balaban J connectivity index is 2.67. The second-order valence-corrected chi connectivity index (χ2v) is 3.35. The molecule has 1 aliphatic rings. The number of hydrogen-bond donors (Lipinski definition) is 5. The molecule has 0 aromatic rings. The molecule has 5 N–H and O–H groups in total. The Kier molecular flexibility index (Phi) is 4.59. The Hall–Kier alpha value is -0.770. The lowest BCUT2D eigenvalue weighted by molar-refractivity contribution is -0.293. The molecule has 0 aromatic heterocycles. The molecule has 16 heavy (non-hydrogen) atoms. The van der Waals surface area contributed by atoms with Crippen LogP contribution in [0, 0.1) is 0 Å². The van der Waals surface area contributed by atoms with Crippen LogP contribution in [0.5, 0.6) is 0 Å². The molecule has 1 aliphatic heterocycles. The SMILES string of the molecule is O=C(CO)OC1O[C@H](CO)[C@@H](O)[C@H](O)[C@@H]1O. The first-order valence-corrected chi connectivity index (χ1v) is 4.62. The highest BCUT2D eigenvalue weighted by Gasteiger charge is 2.45. The summed E-state index contributed by atoms with van der Waals surface area (Å²) in [5.41, 5.74) is 0. The van der Waals surface area contributed by atoms with Crippen molar-refractivity contribution in [2.75, 3.05) is 13.2 Å². The van der Waals surface area contributed by atoms with Crippen LogP contribution in [0.3, 0.4) is 0 Å². The van der Waals surface area contributed by atoms with Crippen molar-refractivity contribution in [3.63, 3.8) is 0 Å². The van der Waals surface area contributed by atoms with Gasteiger partial charge in [-0.2, -0.15) is 0 Å². The van der Waals surface area contributed by atoms with Gasteiger partial charge >= 0.3 is 5.97 Å². The summed E-state index contributed by atoms with van der Waals surface area (Å²) in [5.74, 6) is -1.05. The van der Waals surface area contributed by atoms with Gasteiger partial charge < -0.3 is 35.0 Å². The van der Waals surface area contributed by atoms with Gasteiger partial charge in [0.1, 0.15) is 31.0 Å². The van der Waals surface area contributed by atoms with Crippen LogP contribution in [0.15, 0.2) is 0 Å². The van der Waals surface area contributed by atoms with E-state index in [1.54, 1.807) is 0 Å². The number of aliphatic hydroxyl groups is 5. The standard InChI is InChI=1S/C8H14O8/c9-1-3-5(12)6(13)7(14)8(15-3)16-4(11)2-10/h3,5-10,12-14H,1-2H2/t3-,5-,6+,7+,8?/m1/s1. The van der Waals surface area contributed by atoms with E-state index < -0.39 is 49.9 Å². The van der Waals surface area contributed by atoms with Crippen molar-refractivity contribution in [2.24, 2.45) is 0 Å². The van der Waals surface area contributed by atoms with E-state index in [2.05, 4.69) is 4.74 Å². The van der Waals surface area contributed by atoms with E-state index >= 15 is 0 Å². The van der Waals surface area contributed by atoms with Crippen molar-refractivity contribution < 1.29 is 39.8 Å². The Morgan fingerprint density at radius 3 is 2.25 bits per heavy atom. The van der Waals surface area contributed by atoms with Crippen LogP contribution in [-0.4, -0.2) is 75.4 Å². The van der Waals surface area contributed by atoms with E-state index in [9.17, 15) is 20.1 Å². The summed E-state index contributed by atoms with van der Waals surface area (Å²) in [7, 11) is 0. The Labute approximate surface area is 90.6 Å². The average Bonchev–Trinajstić information content (AvgIpc) is 2.29. The van der Waals surface area contributed by atoms with E-state index in [0.29, 0.717) is 0 Å². The maximum Gasteiger partial charge on any atom is 0.334 e. The molecule has 0 bridgehead atoms. The summed E-state index contributed by atoms with van der Waals surface area (Å²) < 4.78 is 9.30. The highest BCUT2D eigenvalue weighted by molar-refractivity contribution is 5.70. The average molecular weight is 238 g/mol. The molecule has 0 amide bonds. The van der Waals surface area contributed by atoms with Crippen molar-refractivity contribution in [1.82, 2.24) is 0 Å². The lowest BCUT2D eigenvalue weighted by Gasteiger charge is -2.38. The molecular weight excluding hydrogens is 224 g/mol. The quantitative estimate of drug-likeness (QED) is 0.317. The number of esters is 1. The second kappa shape index (κ2) is 5.53. The normalized spacial score (nSPS) is 39.4. The molecule has 8 nitrogen and oxygen atoms in total. The molecular formula is C8H14O8. The maximum absolute atomic E-state index is 10.7. The molecule has 0 aliphatic carbocycles. The Morgan fingerprint density at radius 1 is 1.12 bits per heavy atom. The lowest BCUT2D eigenvalue weighted by Crippen LogP contribution is -2.59. The summed E-state index contributed by atoms with van der Waals surface area (Å²) in [6.45, 7) is -1.52. The first-order valence-electron chi connectivity index (χ1n) is 4.62. The van der Waals surface area contributed by atoms with Gasteiger partial charge in [0, 0.05) is 0 Å². The number of rotatable bonds is 3. The van der Waals surface area contributed by atoms with E-state index in [0.717, 1.165) is 0 Å². The first kappa shape index (κ1) is 13.3. The molecule has 0 saturated carbocycles. The molecule has 1 saturated heterocycles. The van der Waals surface area contributed by atoms with E-state index in [4.69, 9.17) is 14.9 Å². The van der Waals surface area contributed by atoms with Gasteiger partial charge in [-0.25, -0.2) is 4.79 Å². The minimum Gasteiger partial charge on any atom is -0.431 e. The van der Waals surface area contributed by atoms with Crippen LogP contribution < -0.4 is 0 Å². The second-order valence-electron chi connectivity index (χ2n) is 3.35. The van der Waals surface area contributed by atoms with Gasteiger partial charge in [0.15, 0.2) is 0 Å². The molecule has 1 rings (SSSR count). The predicted molar refractivity (Wildman–Crippen MR) is 46.9 cm³/mol. The minimum atomic E-state index is -1.65. The number of carbonyl (C=O) groups is 1. The Bertz CT molecular complexity index is 242. The Morgan fingerprint density at radius 2 is 1.75 bits per heavy atom. The molecule has 5 atom stereocenters. The monoisotopic (exact) mass is 238 g/mol. The van der Waals surface area contributed by atoms with Gasteiger partial charge in [-0.1, -0.05) is 0 Å². The molecule has 1 unspecified atom stereocenters. The predicted octanol–water partition coefficient (Wildman–Crippen LogP) is -3.68. The fraction of sp³-hybridized carbons (Fsp3) is 0.875. The number of hydrogen-bond acceptors (Lipinski definition) is 8. The fourth-order valence-corrected chi connectivity index (χ4v) is 1.33. The highest BCUT2D eigenvalue weighted by atomic mass is 16.7. The van der Waals surface area contributed by atoms with Crippen LogP contribution in [-0.2, 0) is 14.3 Å². The molecule has 8 heteroatoms. The molecule has 0 spiro atoms. The summed E-state index contributed by atoms with van der Waals surface area (Å²) in [5, 5.41) is 45.3. The topological polar surface area (TPSA) is 137 Å². The van der Waals surface area contributed by atoms with Crippen LogP contribution >= 0.6 is 0 Å². The van der Waals surface area contributed by atoms with E-state index in [-0.39, 0.29) is 0 Å². The highest BCUT2D eigenvalue weighted by Crippen LogP contribution is 2.21.